The first-order valence-electron chi connectivity index (χ1n) is 7.18. The van der Waals surface area contributed by atoms with Gasteiger partial charge in [0.1, 0.15) is 5.84 Å². The molecule has 0 aliphatic carbocycles. The van der Waals surface area contributed by atoms with Crippen LogP contribution in [-0.2, 0) is 10.0 Å². The maximum atomic E-state index is 11.8. The van der Waals surface area contributed by atoms with Crippen LogP contribution in [0.2, 0.25) is 0 Å². The number of hydrogen-bond donors (Lipinski definition) is 5. The van der Waals surface area contributed by atoms with E-state index in [0.29, 0.717) is 16.8 Å². The Morgan fingerprint density at radius 1 is 1.04 bits per heavy atom. The van der Waals surface area contributed by atoms with Gasteiger partial charge in [-0.15, -0.1) is 0 Å². The number of aromatic nitrogens is 3. The van der Waals surface area contributed by atoms with Crippen molar-refractivity contribution >= 4 is 15.9 Å². The van der Waals surface area contributed by atoms with Gasteiger partial charge in [-0.1, -0.05) is 24.3 Å². The number of benzene rings is 2. The molecule has 9 N–H and O–H groups in total. The van der Waals surface area contributed by atoms with Crippen molar-refractivity contribution in [3.63, 3.8) is 0 Å². The summed E-state index contributed by atoms with van der Waals surface area (Å²) in [6, 6.07) is 11.7. The van der Waals surface area contributed by atoms with Crippen LogP contribution < -0.4 is 22.6 Å². The van der Waals surface area contributed by atoms with Crippen LogP contribution in [0.3, 0.4) is 0 Å². The number of sulfonamides is 1. The van der Waals surface area contributed by atoms with E-state index in [4.69, 9.17) is 16.3 Å². The number of amidine groups is 1. The molecule has 0 bridgehead atoms. The molecular weight excluding hydrogens is 356 g/mol. The van der Waals surface area contributed by atoms with Gasteiger partial charge in [0, 0.05) is 5.56 Å². The summed E-state index contributed by atoms with van der Waals surface area (Å²) in [5, 5.41) is 21.1. The summed E-state index contributed by atoms with van der Waals surface area (Å²) >= 11 is 0. The van der Waals surface area contributed by atoms with Gasteiger partial charge in [-0.05, 0) is 29.3 Å². The number of nitrogens with zero attached hydrogens (tertiary/aromatic N) is 3. The fourth-order valence-electron chi connectivity index (χ4n) is 2.43. The summed E-state index contributed by atoms with van der Waals surface area (Å²) in [6.07, 6.45) is 3.10. The van der Waals surface area contributed by atoms with Gasteiger partial charge in [0.15, 0.2) is 0 Å². The molecule has 11 heteroatoms. The summed E-state index contributed by atoms with van der Waals surface area (Å²) in [4.78, 5) is 1.25. The van der Waals surface area contributed by atoms with E-state index in [9.17, 15) is 8.42 Å². The molecule has 26 heavy (non-hydrogen) atoms. The zero-order valence-electron chi connectivity index (χ0n) is 13.6. The van der Waals surface area contributed by atoms with E-state index < -0.39 is 10.0 Å². The highest BCUT2D eigenvalue weighted by molar-refractivity contribution is 7.89. The van der Waals surface area contributed by atoms with E-state index in [2.05, 4.69) is 21.9 Å². The number of nitrogens with two attached hydrogens (primary N) is 4. The number of hydrazine groups is 1. The Labute approximate surface area is 149 Å². The number of rotatable bonds is 4. The second kappa shape index (κ2) is 7.84. The van der Waals surface area contributed by atoms with E-state index in [1.807, 2.05) is 0 Å². The van der Waals surface area contributed by atoms with Gasteiger partial charge in [0.2, 0.25) is 10.0 Å². The number of hydrogen-bond acceptors (Lipinski definition) is 7. The van der Waals surface area contributed by atoms with Crippen LogP contribution in [-0.4, -0.2) is 29.2 Å². The van der Waals surface area contributed by atoms with Gasteiger partial charge in [-0.25, -0.2) is 13.6 Å². The van der Waals surface area contributed by atoms with Crippen LogP contribution in [0.15, 0.2) is 59.8 Å². The molecule has 0 saturated carbocycles. The van der Waals surface area contributed by atoms with Crippen molar-refractivity contribution in [2.75, 3.05) is 0 Å². The Kier molecular flexibility index (Phi) is 5.79. The molecule has 3 rings (SSSR count). The van der Waals surface area contributed by atoms with Gasteiger partial charge in [0.25, 0.3) is 0 Å². The lowest BCUT2D eigenvalue weighted by molar-refractivity contribution is 0.597. The fourth-order valence-corrected chi connectivity index (χ4v) is 3.21. The highest BCUT2D eigenvalue weighted by atomic mass is 32.2. The van der Waals surface area contributed by atoms with E-state index in [1.54, 1.807) is 48.8 Å². The molecule has 2 aromatic carbocycles. The van der Waals surface area contributed by atoms with Gasteiger partial charge in [-0.3, -0.25) is 17.1 Å². The predicted molar refractivity (Wildman–Crippen MR) is 97.6 cm³/mol. The van der Waals surface area contributed by atoms with Crippen LogP contribution in [0, 0.1) is 5.41 Å². The molecule has 3 aromatic rings. The summed E-state index contributed by atoms with van der Waals surface area (Å²) in [5.74, 6) is 7.62. The summed E-state index contributed by atoms with van der Waals surface area (Å²) in [6.45, 7) is 0. The summed E-state index contributed by atoms with van der Waals surface area (Å²) < 4.78 is 23.6. The van der Waals surface area contributed by atoms with Gasteiger partial charge in [-0.2, -0.15) is 15.0 Å². The van der Waals surface area contributed by atoms with Crippen molar-refractivity contribution in [2.24, 2.45) is 22.6 Å². The van der Waals surface area contributed by atoms with Crippen molar-refractivity contribution < 1.29 is 8.42 Å². The molecule has 0 aliphatic rings. The van der Waals surface area contributed by atoms with Gasteiger partial charge >= 0.3 is 0 Å². The van der Waals surface area contributed by atoms with Crippen LogP contribution in [0.4, 0.5) is 0 Å². The third kappa shape index (κ3) is 3.92. The SMILES string of the molecule is N=C(N)c1c(-c2cccc(-n3nccn3)c2)cccc1S(N)(=O)=O.NN. The van der Waals surface area contributed by atoms with Gasteiger partial charge in [0.05, 0.1) is 23.0 Å². The molecule has 0 atom stereocenters. The average Bonchev–Trinajstić information content (AvgIpc) is 3.17. The number of nitrogens with one attached hydrogen (secondary N) is 1. The van der Waals surface area contributed by atoms with Crippen molar-refractivity contribution in [3.8, 4) is 16.8 Å². The number of nitrogen functional groups attached to an aromatic ring is 1. The summed E-state index contributed by atoms with van der Waals surface area (Å²) in [7, 11) is -4.01. The van der Waals surface area contributed by atoms with E-state index in [0.717, 1.165) is 0 Å². The summed E-state index contributed by atoms with van der Waals surface area (Å²) in [5.41, 5.74) is 7.53. The smallest absolute Gasteiger partial charge is 0.238 e. The van der Waals surface area contributed by atoms with Crippen LogP contribution in [0.5, 0.6) is 0 Å². The molecule has 1 heterocycles. The first-order valence-corrected chi connectivity index (χ1v) is 8.73. The van der Waals surface area contributed by atoms with Crippen molar-refractivity contribution in [1.29, 1.82) is 5.41 Å². The molecule has 1 aromatic heterocycles. The molecule has 10 nitrogen and oxygen atoms in total. The van der Waals surface area contributed by atoms with Crippen molar-refractivity contribution in [3.05, 3.63) is 60.4 Å². The van der Waals surface area contributed by atoms with Crippen LogP contribution in [0.25, 0.3) is 16.8 Å². The molecule has 0 amide bonds. The minimum absolute atomic E-state index is 0.0746. The minimum atomic E-state index is -4.01. The topological polar surface area (TPSA) is 193 Å². The molecule has 0 fully saturated rings. The third-order valence-electron chi connectivity index (χ3n) is 3.41. The highest BCUT2D eigenvalue weighted by Crippen LogP contribution is 2.29. The minimum Gasteiger partial charge on any atom is -0.384 e. The third-order valence-corrected chi connectivity index (χ3v) is 4.36. The van der Waals surface area contributed by atoms with Gasteiger partial charge < -0.3 is 5.73 Å². The standard InChI is InChI=1S/C15H14N6O2S.H4N2/c16-15(17)14-12(5-2-6-13(14)24(18,22)23)10-3-1-4-11(9-10)21-19-7-8-20-21;1-2/h1-9H,(H3,16,17)(H2,18,22,23);1-2H2. The first-order chi connectivity index (χ1) is 12.4. The second-order valence-corrected chi connectivity index (χ2v) is 6.54. The molecule has 0 spiro atoms. The zero-order valence-corrected chi connectivity index (χ0v) is 14.4. The molecule has 0 unspecified atom stereocenters. The normalized spacial score (nSPS) is 10.7. The number of primary sulfonamides is 1. The average molecular weight is 374 g/mol. The van der Waals surface area contributed by atoms with Crippen molar-refractivity contribution in [2.45, 2.75) is 4.90 Å². The molecular formula is C15H18N8O2S. The lowest BCUT2D eigenvalue weighted by atomic mass is 9.98. The predicted octanol–water partition coefficient (Wildman–Crippen LogP) is -0.315. The Morgan fingerprint density at radius 2 is 1.65 bits per heavy atom. The Balaban J connectivity index is 0.00000117. The van der Waals surface area contributed by atoms with E-state index >= 15 is 0 Å². The first kappa shape index (κ1) is 19.2. The molecule has 0 radical (unpaired) electrons. The van der Waals surface area contributed by atoms with Crippen LogP contribution >= 0.6 is 0 Å². The van der Waals surface area contributed by atoms with E-state index in [-0.39, 0.29) is 16.3 Å². The maximum absolute atomic E-state index is 11.8. The quantitative estimate of drug-likeness (QED) is 0.179. The van der Waals surface area contributed by atoms with E-state index in [1.165, 1.54) is 10.9 Å². The van der Waals surface area contributed by atoms with Crippen molar-refractivity contribution in [1.82, 2.24) is 15.0 Å². The zero-order chi connectivity index (χ0) is 19.3. The Hall–Kier alpha value is -3.12. The highest BCUT2D eigenvalue weighted by Gasteiger charge is 2.20. The largest absolute Gasteiger partial charge is 0.384 e. The molecule has 0 aliphatic heterocycles. The Bertz CT molecular complexity index is 1020. The lowest BCUT2D eigenvalue weighted by Gasteiger charge is -2.13. The monoisotopic (exact) mass is 374 g/mol. The fraction of sp³-hybridized carbons (Fsp3) is 0. The molecule has 136 valence electrons. The Morgan fingerprint density at radius 3 is 2.23 bits per heavy atom. The van der Waals surface area contributed by atoms with Crippen LogP contribution in [0.1, 0.15) is 5.56 Å². The molecule has 0 saturated heterocycles. The lowest BCUT2D eigenvalue weighted by Crippen LogP contribution is -2.21. The second-order valence-electron chi connectivity index (χ2n) is 5.01. The maximum Gasteiger partial charge on any atom is 0.238 e.